The van der Waals surface area contributed by atoms with Gasteiger partial charge in [0.15, 0.2) is 0 Å². The monoisotopic (exact) mass is 319 g/mol. The molecule has 1 aromatic carbocycles. The van der Waals surface area contributed by atoms with Gasteiger partial charge in [-0.05, 0) is 29.1 Å². The van der Waals surface area contributed by atoms with E-state index in [-0.39, 0.29) is 0 Å². The van der Waals surface area contributed by atoms with Gasteiger partial charge in [-0.25, -0.2) is 8.42 Å². The fourth-order valence-corrected chi connectivity index (χ4v) is 4.03. The fraction of sp³-hybridized carbons (Fsp3) is 0.0714. The number of nitrogens with one attached hydrogen (secondary N) is 1. The fourth-order valence-electron chi connectivity index (χ4n) is 1.94. The first-order chi connectivity index (χ1) is 10.1. The van der Waals surface area contributed by atoms with Crippen molar-refractivity contribution in [2.45, 2.75) is 10.8 Å². The molecule has 0 spiro atoms. The molecule has 0 atom stereocenters. The van der Waals surface area contributed by atoms with E-state index in [0.29, 0.717) is 16.4 Å². The zero-order chi connectivity index (χ0) is 14.7. The number of hydrogen-bond acceptors (Lipinski definition) is 4. The molecule has 0 fully saturated rings. The molecule has 5 nitrogen and oxygen atoms in total. The van der Waals surface area contributed by atoms with Crippen molar-refractivity contribution >= 4 is 27.0 Å². The number of rotatable bonds is 5. The van der Waals surface area contributed by atoms with Gasteiger partial charge in [0.1, 0.15) is 4.21 Å². The highest BCUT2D eigenvalue weighted by atomic mass is 32.2. The highest BCUT2D eigenvalue weighted by molar-refractivity contribution is 7.94. The predicted molar refractivity (Wildman–Crippen MR) is 82.9 cm³/mol. The molecule has 3 rings (SSSR count). The number of anilines is 1. The van der Waals surface area contributed by atoms with Crippen LogP contribution in [0.4, 0.5) is 5.69 Å². The molecule has 0 radical (unpaired) electrons. The second-order valence-electron chi connectivity index (χ2n) is 4.40. The minimum Gasteiger partial charge on any atom is -0.279 e. The Morgan fingerprint density at radius 2 is 2.00 bits per heavy atom. The molecular weight excluding hydrogens is 306 g/mol. The van der Waals surface area contributed by atoms with Crippen LogP contribution >= 0.6 is 11.3 Å². The van der Waals surface area contributed by atoms with Gasteiger partial charge in [0.25, 0.3) is 10.0 Å². The van der Waals surface area contributed by atoms with Crippen molar-refractivity contribution in [1.29, 1.82) is 0 Å². The Morgan fingerprint density at radius 3 is 2.71 bits per heavy atom. The second kappa shape index (κ2) is 5.71. The molecular formula is C14H13N3O2S2. The third kappa shape index (κ3) is 3.14. The van der Waals surface area contributed by atoms with E-state index < -0.39 is 10.0 Å². The van der Waals surface area contributed by atoms with Crippen LogP contribution in [0.15, 0.2) is 64.4 Å². The van der Waals surface area contributed by atoms with Gasteiger partial charge in [0, 0.05) is 12.4 Å². The third-order valence-electron chi connectivity index (χ3n) is 2.91. The summed E-state index contributed by atoms with van der Waals surface area (Å²) in [6.07, 6.45) is 3.53. The number of sulfonamides is 1. The standard InChI is InChI=1S/C14H13N3O2S2/c18-21(19,14-7-3-10-20-14)16-13-6-2-1-5-12(13)11-17-9-4-8-15-17/h1-10,16H,11H2. The maximum atomic E-state index is 12.3. The molecule has 0 aliphatic rings. The van der Waals surface area contributed by atoms with Crippen LogP contribution in [0, 0.1) is 0 Å². The van der Waals surface area contributed by atoms with Gasteiger partial charge in [-0.1, -0.05) is 24.3 Å². The summed E-state index contributed by atoms with van der Waals surface area (Å²) in [6, 6.07) is 12.5. The lowest BCUT2D eigenvalue weighted by molar-refractivity contribution is 0.603. The SMILES string of the molecule is O=S(=O)(Nc1ccccc1Cn1cccn1)c1cccs1. The van der Waals surface area contributed by atoms with Crippen molar-refractivity contribution in [1.82, 2.24) is 9.78 Å². The molecule has 2 aromatic heterocycles. The zero-order valence-electron chi connectivity index (χ0n) is 11.0. The van der Waals surface area contributed by atoms with Crippen LogP contribution in [0.2, 0.25) is 0 Å². The van der Waals surface area contributed by atoms with Gasteiger partial charge in [-0.15, -0.1) is 11.3 Å². The number of thiophene rings is 1. The summed E-state index contributed by atoms with van der Waals surface area (Å²) < 4.78 is 29.3. The molecule has 0 saturated heterocycles. The van der Waals surface area contributed by atoms with Crippen LogP contribution in [0.1, 0.15) is 5.56 Å². The van der Waals surface area contributed by atoms with Gasteiger partial charge >= 0.3 is 0 Å². The molecule has 21 heavy (non-hydrogen) atoms. The molecule has 0 bridgehead atoms. The van der Waals surface area contributed by atoms with Crippen LogP contribution < -0.4 is 4.72 Å². The summed E-state index contributed by atoms with van der Waals surface area (Å²) in [7, 11) is -3.53. The Morgan fingerprint density at radius 1 is 1.14 bits per heavy atom. The van der Waals surface area contributed by atoms with E-state index in [2.05, 4.69) is 9.82 Å². The first-order valence-electron chi connectivity index (χ1n) is 6.27. The molecule has 0 aliphatic heterocycles. The Hall–Kier alpha value is -2.12. The Balaban J connectivity index is 1.89. The quantitative estimate of drug-likeness (QED) is 0.786. The lowest BCUT2D eigenvalue weighted by atomic mass is 10.2. The summed E-state index contributed by atoms with van der Waals surface area (Å²) in [6.45, 7) is 0.510. The zero-order valence-corrected chi connectivity index (χ0v) is 12.6. The molecule has 0 aliphatic carbocycles. The minimum atomic E-state index is -3.53. The van der Waals surface area contributed by atoms with Crippen molar-refractivity contribution in [2.75, 3.05) is 4.72 Å². The van der Waals surface area contributed by atoms with E-state index in [4.69, 9.17) is 0 Å². The van der Waals surface area contributed by atoms with E-state index in [1.165, 1.54) is 11.3 Å². The maximum absolute atomic E-state index is 12.3. The van der Waals surface area contributed by atoms with E-state index in [9.17, 15) is 8.42 Å². The molecule has 0 amide bonds. The van der Waals surface area contributed by atoms with Gasteiger partial charge in [-0.3, -0.25) is 9.40 Å². The van der Waals surface area contributed by atoms with E-state index in [1.807, 2.05) is 24.4 Å². The third-order valence-corrected chi connectivity index (χ3v) is 5.68. The summed E-state index contributed by atoms with van der Waals surface area (Å²) >= 11 is 1.19. The number of aromatic nitrogens is 2. The normalized spacial score (nSPS) is 11.4. The number of nitrogens with zero attached hydrogens (tertiary/aromatic N) is 2. The molecule has 108 valence electrons. The van der Waals surface area contributed by atoms with Gasteiger partial charge in [-0.2, -0.15) is 5.10 Å². The van der Waals surface area contributed by atoms with E-state index in [0.717, 1.165) is 5.56 Å². The van der Waals surface area contributed by atoms with Crippen molar-refractivity contribution in [3.63, 3.8) is 0 Å². The van der Waals surface area contributed by atoms with Gasteiger partial charge in [0.2, 0.25) is 0 Å². The first kappa shape index (κ1) is 13.8. The van der Waals surface area contributed by atoms with Gasteiger partial charge in [0.05, 0.1) is 12.2 Å². The van der Waals surface area contributed by atoms with Crippen molar-refractivity contribution in [3.8, 4) is 0 Å². The summed E-state index contributed by atoms with van der Waals surface area (Å²) in [5, 5.41) is 5.88. The van der Waals surface area contributed by atoms with Gasteiger partial charge < -0.3 is 0 Å². The lowest BCUT2D eigenvalue weighted by Gasteiger charge is -2.11. The van der Waals surface area contributed by atoms with Crippen molar-refractivity contribution in [2.24, 2.45) is 0 Å². The van der Waals surface area contributed by atoms with E-state index in [1.54, 1.807) is 40.5 Å². The highest BCUT2D eigenvalue weighted by Crippen LogP contribution is 2.23. The second-order valence-corrected chi connectivity index (χ2v) is 7.26. The van der Waals surface area contributed by atoms with E-state index >= 15 is 0 Å². The predicted octanol–water partition coefficient (Wildman–Crippen LogP) is 2.79. The first-order valence-corrected chi connectivity index (χ1v) is 8.63. The van der Waals surface area contributed by atoms with Crippen LogP contribution in [-0.2, 0) is 16.6 Å². The lowest BCUT2D eigenvalue weighted by Crippen LogP contribution is -2.14. The smallest absolute Gasteiger partial charge is 0.271 e. The van der Waals surface area contributed by atoms with Crippen LogP contribution in [0.5, 0.6) is 0 Å². The number of para-hydroxylation sites is 1. The van der Waals surface area contributed by atoms with Crippen LogP contribution in [0.3, 0.4) is 0 Å². The van der Waals surface area contributed by atoms with Crippen molar-refractivity contribution < 1.29 is 8.42 Å². The summed E-state index contributed by atoms with van der Waals surface area (Å²) in [4.78, 5) is 0. The summed E-state index contributed by atoms with van der Waals surface area (Å²) in [5.74, 6) is 0. The Bertz CT molecular complexity index is 810. The largest absolute Gasteiger partial charge is 0.279 e. The highest BCUT2D eigenvalue weighted by Gasteiger charge is 2.16. The maximum Gasteiger partial charge on any atom is 0.271 e. The number of benzene rings is 1. The number of hydrogen-bond donors (Lipinski definition) is 1. The average Bonchev–Trinajstić information content (AvgIpc) is 3.13. The molecule has 2 heterocycles. The minimum absolute atomic E-state index is 0.302. The molecule has 7 heteroatoms. The Labute approximate surface area is 126 Å². The molecule has 3 aromatic rings. The molecule has 0 saturated carbocycles. The summed E-state index contributed by atoms with van der Waals surface area (Å²) in [5.41, 5.74) is 1.43. The topological polar surface area (TPSA) is 64.0 Å². The van der Waals surface area contributed by atoms with Crippen LogP contribution in [-0.4, -0.2) is 18.2 Å². The van der Waals surface area contributed by atoms with Crippen molar-refractivity contribution in [3.05, 3.63) is 65.8 Å². The molecule has 0 unspecified atom stereocenters. The van der Waals surface area contributed by atoms with Crippen LogP contribution in [0.25, 0.3) is 0 Å². The Kier molecular flexibility index (Phi) is 3.76. The molecule has 1 N–H and O–H groups in total. The average molecular weight is 319 g/mol.